The lowest BCUT2D eigenvalue weighted by Crippen LogP contribution is -2.02. The molecule has 3 rings (SSSR count). The molecular formula is C17H17NO2S. The summed E-state index contributed by atoms with van der Waals surface area (Å²) in [6, 6.07) is 14.4. The second-order valence-electron chi connectivity index (χ2n) is 4.70. The van der Waals surface area contributed by atoms with Gasteiger partial charge < -0.3 is 14.8 Å². The van der Waals surface area contributed by atoms with Crippen molar-refractivity contribution >= 4 is 27.1 Å². The number of hydrogen-bond acceptors (Lipinski definition) is 4. The molecule has 3 nitrogen and oxygen atoms in total. The maximum atomic E-state index is 5.40. The van der Waals surface area contributed by atoms with Crippen LogP contribution in [0.5, 0.6) is 11.5 Å². The van der Waals surface area contributed by atoms with Gasteiger partial charge in [0.15, 0.2) is 0 Å². The van der Waals surface area contributed by atoms with Crippen molar-refractivity contribution in [3.8, 4) is 11.5 Å². The molecule has 0 aliphatic heterocycles. The number of hydrogen-bond donors (Lipinski definition) is 1. The molecule has 0 spiro atoms. The lowest BCUT2D eigenvalue weighted by atomic mass is 10.1. The molecule has 1 N–H and O–H groups in total. The fourth-order valence-corrected chi connectivity index (χ4v) is 3.06. The van der Waals surface area contributed by atoms with Gasteiger partial charge in [-0.2, -0.15) is 0 Å². The molecule has 0 amide bonds. The van der Waals surface area contributed by atoms with Crippen LogP contribution in [0.1, 0.15) is 5.56 Å². The number of anilines is 1. The van der Waals surface area contributed by atoms with Gasteiger partial charge >= 0.3 is 0 Å². The van der Waals surface area contributed by atoms with E-state index in [9.17, 15) is 0 Å². The van der Waals surface area contributed by atoms with Crippen LogP contribution in [0.2, 0.25) is 0 Å². The fraction of sp³-hybridized carbons (Fsp3) is 0.176. The predicted molar refractivity (Wildman–Crippen MR) is 88.7 cm³/mol. The summed E-state index contributed by atoms with van der Waals surface area (Å²) in [4.78, 5) is 0. The highest BCUT2D eigenvalue weighted by Gasteiger charge is 2.05. The predicted octanol–water partition coefficient (Wildman–Crippen LogP) is 4.53. The Hall–Kier alpha value is -2.20. The fourth-order valence-electron chi connectivity index (χ4n) is 2.29. The third kappa shape index (κ3) is 2.95. The van der Waals surface area contributed by atoms with E-state index in [1.807, 2.05) is 18.2 Å². The zero-order valence-electron chi connectivity index (χ0n) is 12.1. The monoisotopic (exact) mass is 299 g/mol. The van der Waals surface area contributed by atoms with E-state index in [0.717, 1.165) is 22.7 Å². The van der Waals surface area contributed by atoms with Crippen LogP contribution in [0.4, 0.5) is 5.69 Å². The van der Waals surface area contributed by atoms with Crippen LogP contribution < -0.4 is 14.8 Å². The Bertz CT molecular complexity index is 751. The third-order valence-corrected chi connectivity index (χ3v) is 4.32. The molecule has 0 unspecified atom stereocenters. The minimum atomic E-state index is 0.690. The number of rotatable bonds is 5. The average Bonchev–Trinajstić information content (AvgIpc) is 3.00. The molecule has 2 aromatic carbocycles. The second-order valence-corrected chi connectivity index (χ2v) is 5.65. The standard InChI is InChI=1S/C17H17NO2S/c1-19-15-4-5-16(20-2)13(10-15)11-18-14-3-6-17-12(9-14)7-8-21-17/h3-10,18H,11H2,1-2H3. The summed E-state index contributed by atoms with van der Waals surface area (Å²) in [6.45, 7) is 0.690. The van der Waals surface area contributed by atoms with Gasteiger partial charge in [0.25, 0.3) is 0 Å². The lowest BCUT2D eigenvalue weighted by Gasteiger charge is -2.12. The maximum Gasteiger partial charge on any atom is 0.124 e. The van der Waals surface area contributed by atoms with Crippen LogP contribution >= 0.6 is 11.3 Å². The Kier molecular flexibility index (Phi) is 3.97. The molecule has 0 atom stereocenters. The zero-order valence-corrected chi connectivity index (χ0v) is 12.9. The molecule has 1 aromatic heterocycles. The van der Waals surface area contributed by atoms with Gasteiger partial charge in [-0.15, -0.1) is 11.3 Å². The smallest absolute Gasteiger partial charge is 0.124 e. The van der Waals surface area contributed by atoms with Crippen LogP contribution in [0.3, 0.4) is 0 Å². The van der Waals surface area contributed by atoms with Crippen molar-refractivity contribution in [3.05, 3.63) is 53.4 Å². The van der Waals surface area contributed by atoms with Crippen LogP contribution in [0.15, 0.2) is 47.8 Å². The molecule has 1 heterocycles. The summed E-state index contributed by atoms with van der Waals surface area (Å²) in [5, 5.41) is 6.81. The van der Waals surface area contributed by atoms with Crippen LogP contribution in [-0.4, -0.2) is 14.2 Å². The Labute approximate surface area is 128 Å². The molecule has 4 heteroatoms. The summed E-state index contributed by atoms with van der Waals surface area (Å²) in [5.41, 5.74) is 2.17. The van der Waals surface area contributed by atoms with Crippen LogP contribution in [-0.2, 0) is 6.54 Å². The average molecular weight is 299 g/mol. The lowest BCUT2D eigenvalue weighted by molar-refractivity contribution is 0.399. The molecule has 0 radical (unpaired) electrons. The summed E-state index contributed by atoms with van der Waals surface area (Å²) in [6.07, 6.45) is 0. The van der Waals surface area contributed by atoms with Gasteiger partial charge in [0.1, 0.15) is 11.5 Å². The number of fused-ring (bicyclic) bond motifs is 1. The third-order valence-electron chi connectivity index (χ3n) is 3.42. The van der Waals surface area contributed by atoms with E-state index in [1.54, 1.807) is 25.6 Å². The zero-order chi connectivity index (χ0) is 14.7. The van der Waals surface area contributed by atoms with Gasteiger partial charge in [-0.25, -0.2) is 0 Å². The topological polar surface area (TPSA) is 30.5 Å². The molecular weight excluding hydrogens is 282 g/mol. The van der Waals surface area contributed by atoms with Gasteiger partial charge in [-0.1, -0.05) is 0 Å². The number of nitrogens with one attached hydrogen (secondary N) is 1. The Morgan fingerprint density at radius 1 is 1.00 bits per heavy atom. The molecule has 0 fully saturated rings. The molecule has 21 heavy (non-hydrogen) atoms. The molecule has 0 saturated carbocycles. The molecule has 108 valence electrons. The van der Waals surface area contributed by atoms with Crippen LogP contribution in [0, 0.1) is 0 Å². The van der Waals surface area contributed by atoms with Crippen molar-refractivity contribution in [2.45, 2.75) is 6.54 Å². The van der Waals surface area contributed by atoms with Crippen molar-refractivity contribution in [2.24, 2.45) is 0 Å². The van der Waals surface area contributed by atoms with Crippen molar-refractivity contribution < 1.29 is 9.47 Å². The first-order valence-corrected chi connectivity index (χ1v) is 7.60. The van der Waals surface area contributed by atoms with Crippen molar-refractivity contribution in [2.75, 3.05) is 19.5 Å². The van der Waals surface area contributed by atoms with Gasteiger partial charge in [0, 0.05) is 22.5 Å². The van der Waals surface area contributed by atoms with Crippen molar-refractivity contribution in [1.82, 2.24) is 0 Å². The highest BCUT2D eigenvalue weighted by molar-refractivity contribution is 7.17. The van der Waals surface area contributed by atoms with E-state index in [2.05, 4.69) is 35.0 Å². The summed E-state index contributed by atoms with van der Waals surface area (Å²) >= 11 is 1.76. The van der Waals surface area contributed by atoms with E-state index in [1.165, 1.54) is 10.1 Å². The largest absolute Gasteiger partial charge is 0.497 e. The Morgan fingerprint density at radius 2 is 1.90 bits per heavy atom. The molecule has 3 aromatic rings. The van der Waals surface area contributed by atoms with Gasteiger partial charge in [0.05, 0.1) is 14.2 Å². The van der Waals surface area contributed by atoms with Crippen molar-refractivity contribution in [1.29, 1.82) is 0 Å². The minimum Gasteiger partial charge on any atom is -0.497 e. The quantitative estimate of drug-likeness (QED) is 0.751. The van der Waals surface area contributed by atoms with E-state index in [0.29, 0.717) is 6.54 Å². The SMILES string of the molecule is COc1ccc(OC)c(CNc2ccc3sccc3c2)c1. The Balaban J connectivity index is 1.80. The number of ether oxygens (including phenoxy) is 2. The maximum absolute atomic E-state index is 5.40. The van der Waals surface area contributed by atoms with Crippen LogP contribution in [0.25, 0.3) is 10.1 Å². The summed E-state index contributed by atoms with van der Waals surface area (Å²) in [7, 11) is 3.35. The molecule has 0 bridgehead atoms. The highest BCUT2D eigenvalue weighted by atomic mass is 32.1. The van der Waals surface area contributed by atoms with Crippen molar-refractivity contribution in [3.63, 3.8) is 0 Å². The summed E-state index contributed by atoms with van der Waals surface area (Å²) in [5.74, 6) is 1.70. The molecule has 0 aliphatic carbocycles. The van der Waals surface area contributed by atoms with E-state index >= 15 is 0 Å². The first-order valence-electron chi connectivity index (χ1n) is 6.72. The van der Waals surface area contributed by atoms with Gasteiger partial charge in [0.2, 0.25) is 0 Å². The van der Waals surface area contributed by atoms with E-state index in [4.69, 9.17) is 9.47 Å². The Morgan fingerprint density at radius 3 is 2.71 bits per heavy atom. The van der Waals surface area contributed by atoms with Gasteiger partial charge in [-0.3, -0.25) is 0 Å². The van der Waals surface area contributed by atoms with E-state index < -0.39 is 0 Å². The summed E-state index contributed by atoms with van der Waals surface area (Å²) < 4.78 is 12.0. The van der Waals surface area contributed by atoms with Gasteiger partial charge in [-0.05, 0) is 53.2 Å². The molecule has 0 aliphatic rings. The highest BCUT2D eigenvalue weighted by Crippen LogP contribution is 2.27. The molecule has 0 saturated heterocycles. The van der Waals surface area contributed by atoms with E-state index in [-0.39, 0.29) is 0 Å². The first-order chi connectivity index (χ1) is 10.3. The second kappa shape index (κ2) is 6.06. The minimum absolute atomic E-state index is 0.690. The first kappa shape index (κ1) is 13.8. The number of benzene rings is 2. The number of thiophene rings is 1. The number of methoxy groups -OCH3 is 2. The normalized spacial score (nSPS) is 10.6.